The Kier molecular flexibility index (Phi) is 12.3. The normalized spacial score (nSPS) is 14.3. The van der Waals surface area contributed by atoms with Gasteiger partial charge in [0.25, 0.3) is 0 Å². The van der Waals surface area contributed by atoms with Crippen molar-refractivity contribution < 1.29 is 51.0 Å². The van der Waals surface area contributed by atoms with Gasteiger partial charge in [-0.05, 0) is 0 Å². The molecule has 0 bridgehead atoms. The van der Waals surface area contributed by atoms with Crippen molar-refractivity contribution in [2.24, 2.45) is 0 Å². The first-order chi connectivity index (χ1) is 3.70. The number of hydrogen-bond acceptors (Lipinski definition) is 0. The number of halogens is 2. The molecule has 1 radical (unpaired) electrons. The Morgan fingerprint density at radius 3 is 1.64 bits per heavy atom. The van der Waals surface area contributed by atoms with E-state index in [9.17, 15) is 0 Å². The van der Waals surface area contributed by atoms with Gasteiger partial charge in [-0.3, -0.25) is 0 Å². The molecule has 1 aliphatic rings. The molecule has 0 aliphatic heterocycles. The molecule has 1 aliphatic carbocycles. The summed E-state index contributed by atoms with van der Waals surface area (Å²) >= 11 is 0. The van der Waals surface area contributed by atoms with Gasteiger partial charge in [-0.1, -0.05) is 20.3 Å². The topological polar surface area (TPSA) is 0 Å². The van der Waals surface area contributed by atoms with Crippen LogP contribution in [0.25, 0.3) is 0 Å². The molecule has 3 heteroatoms. The van der Waals surface area contributed by atoms with E-state index in [-0.39, 0.29) is 51.0 Å². The molecule has 0 fully saturated rings. The van der Waals surface area contributed by atoms with Crippen LogP contribution in [0.2, 0.25) is 0 Å². The Morgan fingerprint density at radius 1 is 1.09 bits per heavy atom. The zero-order valence-corrected chi connectivity index (χ0v) is 10.9. The van der Waals surface area contributed by atoms with Crippen LogP contribution in [0.5, 0.6) is 0 Å². The second-order valence-corrected chi connectivity index (χ2v) is 2.49. The van der Waals surface area contributed by atoms with Crippen molar-refractivity contribution in [2.75, 3.05) is 0 Å². The third-order valence-corrected chi connectivity index (χ3v) is 1.57. The fraction of sp³-hybridized carbons (Fsp3) is 0.500. The molecule has 0 aromatic rings. The molecule has 61 valence electrons. The van der Waals surface area contributed by atoms with Gasteiger partial charge in [-0.25, -0.2) is 17.2 Å². The zero-order valence-electron chi connectivity index (χ0n) is 6.96. The second-order valence-electron chi connectivity index (χ2n) is 2.49. The molecule has 0 N–H and O–H groups in total. The Balaban J connectivity index is -0.000000213. The third-order valence-electron chi connectivity index (χ3n) is 1.57. The van der Waals surface area contributed by atoms with Crippen LogP contribution >= 0.6 is 0 Å². The van der Waals surface area contributed by atoms with Crippen LogP contribution in [0.1, 0.15) is 27.2 Å². The third kappa shape index (κ3) is 5.22. The molecule has 0 aromatic heterocycles. The molecule has 0 heterocycles. The van der Waals surface area contributed by atoms with E-state index in [1.54, 1.807) is 0 Å². The first kappa shape index (κ1) is 17.9. The van der Waals surface area contributed by atoms with E-state index < -0.39 is 0 Å². The fourth-order valence-corrected chi connectivity index (χ4v) is 1.00. The fourth-order valence-electron chi connectivity index (χ4n) is 1.00. The SMILES string of the molecule is CC1=[C-]C(C)=C(C)C1.[Cl-].[Cl-].[Zr+3]. The monoisotopic (exact) mass is 267 g/mol. The maximum absolute atomic E-state index is 3.26. The first-order valence-electron chi connectivity index (χ1n) is 2.96. The van der Waals surface area contributed by atoms with E-state index in [1.165, 1.54) is 16.7 Å². The van der Waals surface area contributed by atoms with Gasteiger partial charge in [0.05, 0.1) is 0 Å². The molecule has 0 spiro atoms. The molecule has 0 saturated carbocycles. The van der Waals surface area contributed by atoms with Gasteiger partial charge >= 0.3 is 26.2 Å². The van der Waals surface area contributed by atoms with Gasteiger partial charge in [0, 0.05) is 0 Å². The van der Waals surface area contributed by atoms with E-state index in [4.69, 9.17) is 0 Å². The minimum absolute atomic E-state index is 0. The standard InChI is InChI=1S/C8H11.2ClH.Zr/c1-6-4-7(2)8(3)5-6;;;/h4H2,1-3H3;2*1H;/q-1;;;+3/p-2. The molecule has 1 rings (SSSR count). The van der Waals surface area contributed by atoms with E-state index in [0.717, 1.165) is 6.42 Å². The van der Waals surface area contributed by atoms with Gasteiger partial charge in [0.1, 0.15) is 0 Å². The Labute approximate surface area is 100 Å². The van der Waals surface area contributed by atoms with Crippen molar-refractivity contribution in [2.45, 2.75) is 27.2 Å². The molecular formula is C8H11Cl2Zr. The van der Waals surface area contributed by atoms with Gasteiger partial charge in [0.2, 0.25) is 0 Å². The molecular weight excluding hydrogens is 258 g/mol. The van der Waals surface area contributed by atoms with Crippen LogP contribution in [0.3, 0.4) is 0 Å². The number of allylic oxidation sites excluding steroid dienone is 4. The summed E-state index contributed by atoms with van der Waals surface area (Å²) in [7, 11) is 0. The summed E-state index contributed by atoms with van der Waals surface area (Å²) in [6, 6.07) is 0. The number of rotatable bonds is 0. The van der Waals surface area contributed by atoms with Crippen molar-refractivity contribution in [1.29, 1.82) is 0 Å². The van der Waals surface area contributed by atoms with Gasteiger partial charge in [-0.15, -0.1) is 6.92 Å². The average molecular weight is 269 g/mol. The molecule has 0 aromatic carbocycles. The quantitative estimate of drug-likeness (QED) is 0.400. The van der Waals surface area contributed by atoms with E-state index >= 15 is 0 Å². The van der Waals surface area contributed by atoms with Gasteiger partial charge < -0.3 is 24.8 Å². The molecule has 0 saturated heterocycles. The summed E-state index contributed by atoms with van der Waals surface area (Å²) in [5.74, 6) is 0. The van der Waals surface area contributed by atoms with Crippen LogP contribution < -0.4 is 24.8 Å². The summed E-state index contributed by atoms with van der Waals surface area (Å²) < 4.78 is 0. The van der Waals surface area contributed by atoms with Crippen LogP contribution in [0.15, 0.2) is 16.7 Å². The summed E-state index contributed by atoms with van der Waals surface area (Å²) in [5.41, 5.74) is 4.19. The van der Waals surface area contributed by atoms with E-state index in [2.05, 4.69) is 26.8 Å². The van der Waals surface area contributed by atoms with E-state index in [0.29, 0.717) is 0 Å². The molecule has 0 nitrogen and oxygen atoms in total. The maximum Gasteiger partial charge on any atom is 3.00 e. The molecule has 0 amide bonds. The van der Waals surface area contributed by atoms with Crippen molar-refractivity contribution in [3.05, 3.63) is 22.8 Å². The van der Waals surface area contributed by atoms with Gasteiger partial charge in [-0.2, -0.15) is 5.57 Å². The van der Waals surface area contributed by atoms with Crippen LogP contribution in [0, 0.1) is 6.08 Å². The van der Waals surface area contributed by atoms with Crippen LogP contribution in [0.4, 0.5) is 0 Å². The zero-order chi connectivity index (χ0) is 6.15. The van der Waals surface area contributed by atoms with Crippen molar-refractivity contribution in [3.8, 4) is 0 Å². The first-order valence-corrected chi connectivity index (χ1v) is 2.96. The summed E-state index contributed by atoms with van der Waals surface area (Å²) in [5, 5.41) is 0. The summed E-state index contributed by atoms with van der Waals surface area (Å²) in [4.78, 5) is 0. The summed E-state index contributed by atoms with van der Waals surface area (Å²) in [6.45, 7) is 6.41. The van der Waals surface area contributed by atoms with Crippen molar-refractivity contribution >= 4 is 0 Å². The maximum atomic E-state index is 3.26. The Bertz CT molecular complexity index is 171. The van der Waals surface area contributed by atoms with Gasteiger partial charge in [0.15, 0.2) is 0 Å². The molecule has 11 heavy (non-hydrogen) atoms. The smallest absolute Gasteiger partial charge is 1.00 e. The van der Waals surface area contributed by atoms with Crippen LogP contribution in [-0.4, -0.2) is 0 Å². The minimum atomic E-state index is 0. The largest absolute Gasteiger partial charge is 3.00 e. The minimum Gasteiger partial charge on any atom is -1.00 e. The molecule has 0 unspecified atom stereocenters. The van der Waals surface area contributed by atoms with Crippen molar-refractivity contribution in [1.82, 2.24) is 0 Å². The predicted octanol–water partition coefficient (Wildman–Crippen LogP) is -3.52. The van der Waals surface area contributed by atoms with Crippen molar-refractivity contribution in [3.63, 3.8) is 0 Å². The Hall–Kier alpha value is 0.943. The average Bonchev–Trinajstić information content (AvgIpc) is 1.85. The summed E-state index contributed by atoms with van der Waals surface area (Å²) in [6.07, 6.45) is 4.41. The molecule has 0 atom stereocenters. The Morgan fingerprint density at radius 2 is 1.55 bits per heavy atom. The second kappa shape index (κ2) is 7.58. The number of hydrogen-bond donors (Lipinski definition) is 0. The predicted molar refractivity (Wildman–Crippen MR) is 35.4 cm³/mol. The van der Waals surface area contributed by atoms with Crippen LogP contribution in [-0.2, 0) is 26.2 Å². The van der Waals surface area contributed by atoms with E-state index in [1.807, 2.05) is 0 Å².